The van der Waals surface area contributed by atoms with Gasteiger partial charge in [0, 0.05) is 51.0 Å². The van der Waals surface area contributed by atoms with Crippen molar-refractivity contribution in [2.75, 3.05) is 20.1 Å². The summed E-state index contributed by atoms with van der Waals surface area (Å²) < 4.78 is 0. The Morgan fingerprint density at radius 1 is 1.32 bits per heavy atom. The Hall–Kier alpha value is -1.95. The Morgan fingerprint density at radius 3 is 2.80 bits per heavy atom. The van der Waals surface area contributed by atoms with Gasteiger partial charge in [-0.2, -0.15) is 0 Å². The first-order valence-corrected chi connectivity index (χ1v) is 8.36. The van der Waals surface area contributed by atoms with Crippen LogP contribution in [0.5, 0.6) is 0 Å². The van der Waals surface area contributed by atoms with Crippen LogP contribution in [0, 0.1) is 0 Å². The number of carbonyl (C=O) groups excluding carboxylic acids is 1. The zero-order valence-electron chi connectivity index (χ0n) is 14.5. The standard InChI is InChI=1S/C19H24N4O.ClH/c1-22(19(24)16-7-9-21-17(11-16)12-20)18-8-10-23(14-18)13-15-5-3-2-4-6-15;/h2-7,9,11,18H,8,10,12-14,20H2,1H3;1H. The van der Waals surface area contributed by atoms with Crippen LogP contribution in [0.4, 0.5) is 0 Å². The average molecular weight is 361 g/mol. The molecule has 0 bridgehead atoms. The molecule has 1 aromatic carbocycles. The van der Waals surface area contributed by atoms with E-state index < -0.39 is 0 Å². The van der Waals surface area contributed by atoms with Crippen molar-refractivity contribution < 1.29 is 4.79 Å². The molecule has 1 saturated heterocycles. The van der Waals surface area contributed by atoms with E-state index in [1.165, 1.54) is 5.56 Å². The number of likely N-dealkylation sites (N-methyl/N-ethyl adjacent to an activating group) is 1. The van der Waals surface area contributed by atoms with Crippen molar-refractivity contribution in [3.8, 4) is 0 Å². The summed E-state index contributed by atoms with van der Waals surface area (Å²) in [6, 6.07) is 14.3. The molecule has 1 fully saturated rings. The van der Waals surface area contributed by atoms with Gasteiger partial charge in [-0.05, 0) is 24.1 Å². The van der Waals surface area contributed by atoms with Crippen molar-refractivity contribution in [2.45, 2.75) is 25.6 Å². The minimum absolute atomic E-state index is 0. The lowest BCUT2D eigenvalue weighted by Crippen LogP contribution is -2.39. The molecule has 0 saturated carbocycles. The topological polar surface area (TPSA) is 62.5 Å². The SMILES string of the molecule is CN(C(=O)c1ccnc(CN)c1)C1CCN(Cc2ccccc2)C1.Cl. The van der Waals surface area contributed by atoms with Gasteiger partial charge in [-0.3, -0.25) is 14.7 Å². The van der Waals surface area contributed by atoms with E-state index in [1.54, 1.807) is 18.3 Å². The molecular formula is C19H25ClN4O. The molecule has 25 heavy (non-hydrogen) atoms. The highest BCUT2D eigenvalue weighted by molar-refractivity contribution is 5.94. The molecule has 6 heteroatoms. The van der Waals surface area contributed by atoms with Gasteiger partial charge in [0.2, 0.25) is 0 Å². The molecule has 134 valence electrons. The fourth-order valence-electron chi connectivity index (χ4n) is 3.21. The smallest absolute Gasteiger partial charge is 0.254 e. The van der Waals surface area contributed by atoms with Gasteiger partial charge in [-0.25, -0.2) is 0 Å². The van der Waals surface area contributed by atoms with Crippen molar-refractivity contribution in [1.82, 2.24) is 14.8 Å². The van der Waals surface area contributed by atoms with Crippen molar-refractivity contribution in [3.05, 3.63) is 65.5 Å². The summed E-state index contributed by atoms with van der Waals surface area (Å²) in [5.74, 6) is 0.0404. The Labute approximate surface area is 155 Å². The molecule has 5 nitrogen and oxygen atoms in total. The first kappa shape index (κ1) is 19.4. The lowest BCUT2D eigenvalue weighted by Gasteiger charge is -2.25. The molecule has 2 heterocycles. The van der Waals surface area contributed by atoms with Gasteiger partial charge in [0.25, 0.3) is 5.91 Å². The molecule has 3 rings (SSSR count). The van der Waals surface area contributed by atoms with Gasteiger partial charge in [0.1, 0.15) is 0 Å². The predicted molar refractivity (Wildman–Crippen MR) is 102 cm³/mol. The number of nitrogens with two attached hydrogens (primary N) is 1. The fourth-order valence-corrected chi connectivity index (χ4v) is 3.21. The Bertz CT molecular complexity index is 695. The van der Waals surface area contributed by atoms with Gasteiger partial charge < -0.3 is 10.6 Å². The van der Waals surface area contributed by atoms with E-state index in [1.807, 2.05) is 18.0 Å². The summed E-state index contributed by atoms with van der Waals surface area (Å²) in [4.78, 5) is 21.1. The number of benzene rings is 1. The second-order valence-corrected chi connectivity index (χ2v) is 6.32. The Kier molecular flexibility index (Phi) is 6.93. The minimum Gasteiger partial charge on any atom is -0.337 e. The van der Waals surface area contributed by atoms with Crippen molar-refractivity contribution >= 4 is 18.3 Å². The van der Waals surface area contributed by atoms with Crippen molar-refractivity contribution in [2.24, 2.45) is 5.73 Å². The van der Waals surface area contributed by atoms with Crippen molar-refractivity contribution in [1.29, 1.82) is 0 Å². The lowest BCUT2D eigenvalue weighted by atomic mass is 10.1. The Morgan fingerprint density at radius 2 is 2.08 bits per heavy atom. The molecule has 0 spiro atoms. The van der Waals surface area contributed by atoms with Crippen LogP contribution in [0.1, 0.15) is 28.0 Å². The molecule has 0 radical (unpaired) electrons. The molecule has 1 aromatic heterocycles. The van der Waals surface area contributed by atoms with E-state index in [4.69, 9.17) is 5.73 Å². The molecule has 1 aliphatic heterocycles. The highest BCUT2D eigenvalue weighted by atomic mass is 35.5. The third-order valence-electron chi connectivity index (χ3n) is 4.64. The summed E-state index contributed by atoms with van der Waals surface area (Å²) in [5.41, 5.74) is 8.33. The van der Waals surface area contributed by atoms with Crippen molar-refractivity contribution in [3.63, 3.8) is 0 Å². The first-order chi connectivity index (χ1) is 11.7. The summed E-state index contributed by atoms with van der Waals surface area (Å²) in [5, 5.41) is 0. The van der Waals surface area contributed by atoms with E-state index >= 15 is 0 Å². The quantitative estimate of drug-likeness (QED) is 0.888. The summed E-state index contributed by atoms with van der Waals surface area (Å²) in [6.45, 7) is 3.21. The van der Waals surface area contributed by atoms with E-state index in [0.29, 0.717) is 12.1 Å². The van der Waals surface area contributed by atoms with E-state index in [2.05, 4.69) is 34.1 Å². The molecular weight excluding hydrogens is 336 g/mol. The van der Waals surface area contributed by atoms with Gasteiger partial charge in [-0.1, -0.05) is 30.3 Å². The average Bonchev–Trinajstić information content (AvgIpc) is 3.10. The zero-order chi connectivity index (χ0) is 16.9. The third kappa shape index (κ3) is 4.78. The third-order valence-corrected chi connectivity index (χ3v) is 4.64. The number of nitrogens with zero attached hydrogens (tertiary/aromatic N) is 3. The van der Waals surface area contributed by atoms with Gasteiger partial charge in [0.15, 0.2) is 0 Å². The number of likely N-dealkylation sites (tertiary alicyclic amines) is 1. The van der Waals surface area contributed by atoms with Gasteiger partial charge >= 0.3 is 0 Å². The summed E-state index contributed by atoms with van der Waals surface area (Å²) in [6.07, 6.45) is 2.66. The van der Waals surface area contributed by atoms with Crippen LogP contribution in [-0.4, -0.2) is 46.9 Å². The number of halogens is 1. The molecule has 1 aliphatic rings. The molecule has 0 aliphatic carbocycles. The fraction of sp³-hybridized carbons (Fsp3) is 0.368. The minimum atomic E-state index is 0. The normalized spacial score (nSPS) is 17.1. The molecule has 2 aromatic rings. The van der Waals surface area contributed by atoms with Crippen LogP contribution in [0.25, 0.3) is 0 Å². The van der Waals surface area contributed by atoms with Crippen LogP contribution in [-0.2, 0) is 13.1 Å². The summed E-state index contributed by atoms with van der Waals surface area (Å²) >= 11 is 0. The number of rotatable bonds is 5. The maximum absolute atomic E-state index is 12.7. The number of hydrogen-bond acceptors (Lipinski definition) is 4. The van der Waals surface area contributed by atoms with Gasteiger partial charge in [0.05, 0.1) is 5.69 Å². The van der Waals surface area contributed by atoms with Crippen LogP contribution in [0.3, 0.4) is 0 Å². The largest absolute Gasteiger partial charge is 0.337 e. The molecule has 2 N–H and O–H groups in total. The maximum Gasteiger partial charge on any atom is 0.254 e. The Balaban J connectivity index is 0.00000225. The molecule has 1 amide bonds. The first-order valence-electron chi connectivity index (χ1n) is 8.36. The maximum atomic E-state index is 12.7. The second-order valence-electron chi connectivity index (χ2n) is 6.32. The predicted octanol–water partition coefficient (Wildman–Crippen LogP) is 2.31. The number of amides is 1. The number of aromatic nitrogens is 1. The zero-order valence-corrected chi connectivity index (χ0v) is 15.3. The van der Waals surface area contributed by atoms with Crippen LogP contribution in [0.2, 0.25) is 0 Å². The summed E-state index contributed by atoms with van der Waals surface area (Å²) in [7, 11) is 1.89. The number of hydrogen-bond donors (Lipinski definition) is 1. The number of carbonyl (C=O) groups is 1. The monoisotopic (exact) mass is 360 g/mol. The van der Waals surface area contributed by atoms with Crippen LogP contribution >= 0.6 is 12.4 Å². The van der Waals surface area contributed by atoms with E-state index in [9.17, 15) is 4.79 Å². The van der Waals surface area contributed by atoms with E-state index in [0.717, 1.165) is 31.7 Å². The molecule has 1 atom stereocenters. The second kappa shape index (κ2) is 8.94. The lowest BCUT2D eigenvalue weighted by molar-refractivity contribution is 0.0734. The highest BCUT2D eigenvalue weighted by Crippen LogP contribution is 2.19. The van der Waals surface area contributed by atoms with Gasteiger partial charge in [-0.15, -0.1) is 12.4 Å². The van der Waals surface area contributed by atoms with Crippen LogP contribution < -0.4 is 5.73 Å². The number of pyridine rings is 1. The van der Waals surface area contributed by atoms with Crippen LogP contribution in [0.15, 0.2) is 48.7 Å². The van der Waals surface area contributed by atoms with E-state index in [-0.39, 0.29) is 24.4 Å². The molecule has 1 unspecified atom stereocenters. The highest BCUT2D eigenvalue weighted by Gasteiger charge is 2.28.